The standard InChI is InChI=1S/C11H14BrN/c1-8-5-9(12)7-11(6-8)13-10-3-2-4-10/h5-7,10,13H,2-4H2,1H3. The van der Waals surface area contributed by atoms with E-state index in [1.165, 1.54) is 30.5 Å². The number of rotatable bonds is 2. The number of halogens is 1. The maximum Gasteiger partial charge on any atom is 0.0356 e. The van der Waals surface area contributed by atoms with E-state index in [1.54, 1.807) is 0 Å². The number of hydrogen-bond acceptors (Lipinski definition) is 1. The summed E-state index contributed by atoms with van der Waals surface area (Å²) in [5.41, 5.74) is 2.55. The Balaban J connectivity index is 2.10. The van der Waals surface area contributed by atoms with E-state index in [9.17, 15) is 0 Å². The lowest BCUT2D eigenvalue weighted by molar-refractivity contribution is 0.445. The lowest BCUT2D eigenvalue weighted by Gasteiger charge is -2.27. The van der Waals surface area contributed by atoms with E-state index in [-0.39, 0.29) is 0 Å². The minimum atomic E-state index is 0.716. The number of nitrogens with one attached hydrogen (secondary N) is 1. The van der Waals surface area contributed by atoms with Crippen LogP contribution < -0.4 is 5.32 Å². The Morgan fingerprint density at radius 3 is 2.62 bits per heavy atom. The van der Waals surface area contributed by atoms with Crippen LogP contribution in [0.2, 0.25) is 0 Å². The van der Waals surface area contributed by atoms with Gasteiger partial charge in [-0.1, -0.05) is 15.9 Å². The second-order valence-electron chi connectivity index (χ2n) is 3.79. The predicted octanol–water partition coefficient (Wildman–Crippen LogP) is 3.72. The SMILES string of the molecule is Cc1cc(Br)cc(NC2CCC2)c1. The highest BCUT2D eigenvalue weighted by atomic mass is 79.9. The maximum absolute atomic E-state index is 3.53. The van der Waals surface area contributed by atoms with Gasteiger partial charge in [0.25, 0.3) is 0 Å². The third-order valence-corrected chi connectivity index (χ3v) is 2.98. The van der Waals surface area contributed by atoms with Crippen molar-refractivity contribution in [1.29, 1.82) is 0 Å². The van der Waals surface area contributed by atoms with E-state index in [0.717, 1.165) is 4.47 Å². The lowest BCUT2D eigenvalue weighted by Crippen LogP contribution is -2.26. The first-order valence-electron chi connectivity index (χ1n) is 4.78. The summed E-state index contributed by atoms with van der Waals surface area (Å²) in [6.07, 6.45) is 4.03. The van der Waals surface area contributed by atoms with Crippen LogP contribution in [-0.4, -0.2) is 6.04 Å². The van der Waals surface area contributed by atoms with Crippen LogP contribution in [0, 0.1) is 6.92 Å². The molecule has 0 radical (unpaired) electrons. The smallest absolute Gasteiger partial charge is 0.0356 e. The van der Waals surface area contributed by atoms with Gasteiger partial charge in [0.05, 0.1) is 0 Å². The quantitative estimate of drug-likeness (QED) is 0.830. The van der Waals surface area contributed by atoms with Gasteiger partial charge in [0.2, 0.25) is 0 Å². The molecule has 0 bridgehead atoms. The van der Waals surface area contributed by atoms with Crippen molar-refractivity contribution in [3.05, 3.63) is 28.2 Å². The van der Waals surface area contributed by atoms with E-state index < -0.39 is 0 Å². The minimum Gasteiger partial charge on any atom is -0.382 e. The minimum absolute atomic E-state index is 0.716. The molecule has 0 saturated heterocycles. The van der Waals surface area contributed by atoms with Gasteiger partial charge in [-0.15, -0.1) is 0 Å². The summed E-state index contributed by atoms with van der Waals surface area (Å²) in [6.45, 7) is 2.12. The molecule has 0 unspecified atom stereocenters. The molecule has 0 aliphatic heterocycles. The maximum atomic E-state index is 3.53. The molecule has 0 atom stereocenters. The van der Waals surface area contributed by atoms with Crippen LogP contribution >= 0.6 is 15.9 Å². The zero-order valence-corrected chi connectivity index (χ0v) is 9.39. The Kier molecular flexibility index (Phi) is 2.58. The molecule has 1 aliphatic rings. The van der Waals surface area contributed by atoms with Gasteiger partial charge >= 0.3 is 0 Å². The van der Waals surface area contributed by atoms with Gasteiger partial charge in [-0.2, -0.15) is 0 Å². The zero-order valence-electron chi connectivity index (χ0n) is 7.81. The van der Waals surface area contributed by atoms with Crippen molar-refractivity contribution in [2.75, 3.05) is 5.32 Å². The van der Waals surface area contributed by atoms with Gasteiger partial charge in [-0.05, 0) is 49.9 Å². The van der Waals surface area contributed by atoms with Gasteiger partial charge in [0, 0.05) is 16.2 Å². The molecule has 1 saturated carbocycles. The molecule has 1 aliphatic carbocycles. The monoisotopic (exact) mass is 239 g/mol. The molecule has 1 aromatic carbocycles. The van der Waals surface area contributed by atoms with Gasteiger partial charge < -0.3 is 5.32 Å². The van der Waals surface area contributed by atoms with E-state index in [0.29, 0.717) is 6.04 Å². The van der Waals surface area contributed by atoms with Crippen LogP contribution in [0.4, 0.5) is 5.69 Å². The molecular formula is C11H14BrN. The summed E-state index contributed by atoms with van der Waals surface area (Å²) in [7, 11) is 0. The Hall–Kier alpha value is -0.500. The first-order valence-corrected chi connectivity index (χ1v) is 5.57. The molecule has 13 heavy (non-hydrogen) atoms. The topological polar surface area (TPSA) is 12.0 Å². The van der Waals surface area contributed by atoms with Crippen molar-refractivity contribution in [2.45, 2.75) is 32.2 Å². The van der Waals surface area contributed by atoms with Crippen LogP contribution in [0.15, 0.2) is 22.7 Å². The Morgan fingerprint density at radius 1 is 1.31 bits per heavy atom. The average molecular weight is 240 g/mol. The highest BCUT2D eigenvalue weighted by molar-refractivity contribution is 9.10. The van der Waals surface area contributed by atoms with Crippen LogP contribution in [0.5, 0.6) is 0 Å². The van der Waals surface area contributed by atoms with E-state index in [2.05, 4.69) is 46.4 Å². The average Bonchev–Trinajstić information content (AvgIpc) is 1.95. The summed E-state index contributed by atoms with van der Waals surface area (Å²) in [6, 6.07) is 7.19. The molecule has 2 heteroatoms. The normalized spacial score (nSPS) is 16.8. The third kappa shape index (κ3) is 2.25. The fourth-order valence-corrected chi connectivity index (χ4v) is 2.22. The van der Waals surface area contributed by atoms with Crippen molar-refractivity contribution in [3.63, 3.8) is 0 Å². The zero-order chi connectivity index (χ0) is 9.26. The van der Waals surface area contributed by atoms with Crippen LogP contribution in [-0.2, 0) is 0 Å². The molecule has 1 N–H and O–H groups in total. The van der Waals surface area contributed by atoms with E-state index >= 15 is 0 Å². The van der Waals surface area contributed by atoms with Gasteiger partial charge in [0.1, 0.15) is 0 Å². The van der Waals surface area contributed by atoms with Gasteiger partial charge in [-0.25, -0.2) is 0 Å². The number of hydrogen-bond donors (Lipinski definition) is 1. The summed E-state index contributed by atoms with van der Waals surface area (Å²) < 4.78 is 1.16. The highest BCUT2D eigenvalue weighted by Gasteiger charge is 2.16. The first-order chi connectivity index (χ1) is 6.24. The summed E-state index contributed by atoms with van der Waals surface area (Å²) in [5.74, 6) is 0. The van der Waals surface area contributed by atoms with Crippen molar-refractivity contribution < 1.29 is 0 Å². The van der Waals surface area contributed by atoms with Crippen LogP contribution in [0.25, 0.3) is 0 Å². The van der Waals surface area contributed by atoms with Crippen LogP contribution in [0.3, 0.4) is 0 Å². The van der Waals surface area contributed by atoms with Crippen molar-refractivity contribution in [2.24, 2.45) is 0 Å². The van der Waals surface area contributed by atoms with Gasteiger partial charge in [0.15, 0.2) is 0 Å². The molecule has 0 heterocycles. The highest BCUT2D eigenvalue weighted by Crippen LogP contribution is 2.25. The van der Waals surface area contributed by atoms with E-state index in [4.69, 9.17) is 0 Å². The van der Waals surface area contributed by atoms with Gasteiger partial charge in [-0.3, -0.25) is 0 Å². The molecule has 0 amide bonds. The molecular weight excluding hydrogens is 226 g/mol. The molecule has 1 aromatic rings. The molecule has 1 nitrogen and oxygen atoms in total. The molecule has 0 aromatic heterocycles. The second-order valence-corrected chi connectivity index (χ2v) is 4.71. The van der Waals surface area contributed by atoms with Crippen molar-refractivity contribution >= 4 is 21.6 Å². The van der Waals surface area contributed by atoms with Crippen molar-refractivity contribution in [1.82, 2.24) is 0 Å². The van der Waals surface area contributed by atoms with Crippen LogP contribution in [0.1, 0.15) is 24.8 Å². The molecule has 0 spiro atoms. The fraction of sp³-hybridized carbons (Fsp3) is 0.455. The number of anilines is 1. The summed E-state index contributed by atoms with van der Waals surface area (Å²) in [4.78, 5) is 0. The second kappa shape index (κ2) is 3.70. The van der Waals surface area contributed by atoms with E-state index in [1.807, 2.05) is 0 Å². The number of benzene rings is 1. The Morgan fingerprint density at radius 2 is 2.08 bits per heavy atom. The fourth-order valence-electron chi connectivity index (χ4n) is 1.61. The Labute approximate surface area is 87.7 Å². The summed E-state index contributed by atoms with van der Waals surface area (Å²) in [5, 5.41) is 3.53. The predicted molar refractivity (Wildman–Crippen MR) is 60.1 cm³/mol. The molecule has 1 fully saturated rings. The largest absolute Gasteiger partial charge is 0.382 e. The number of aryl methyl sites for hydroxylation is 1. The first kappa shape index (κ1) is 9.07. The third-order valence-electron chi connectivity index (χ3n) is 2.52. The molecule has 2 rings (SSSR count). The summed E-state index contributed by atoms with van der Waals surface area (Å²) >= 11 is 3.50. The molecule has 70 valence electrons. The van der Waals surface area contributed by atoms with Crippen molar-refractivity contribution in [3.8, 4) is 0 Å². The lowest BCUT2D eigenvalue weighted by atomic mass is 9.93. The Bertz CT molecular complexity index is 285.